The lowest BCUT2D eigenvalue weighted by molar-refractivity contribution is 0.0690. The van der Waals surface area contributed by atoms with Crippen molar-refractivity contribution < 1.29 is 14.3 Å². The largest absolute Gasteiger partial charge is 0.476 e. The van der Waals surface area contributed by atoms with Crippen LogP contribution in [-0.2, 0) is 6.42 Å². The molecule has 0 aromatic carbocycles. The molecule has 0 saturated heterocycles. The van der Waals surface area contributed by atoms with E-state index in [-0.39, 0.29) is 16.4 Å². The van der Waals surface area contributed by atoms with Crippen LogP contribution >= 0.6 is 11.6 Å². The second-order valence-corrected chi connectivity index (χ2v) is 3.38. The van der Waals surface area contributed by atoms with Gasteiger partial charge in [-0.2, -0.15) is 0 Å². The molecule has 0 aliphatic carbocycles. The van der Waals surface area contributed by atoms with Crippen molar-refractivity contribution in [1.29, 1.82) is 0 Å². The molecule has 0 saturated carbocycles. The zero-order chi connectivity index (χ0) is 11.6. The Balaban J connectivity index is 3.38. The Labute approximate surface area is 90.9 Å². The van der Waals surface area contributed by atoms with Crippen LogP contribution in [0.1, 0.15) is 29.5 Å². The van der Waals surface area contributed by atoms with Crippen molar-refractivity contribution in [3.63, 3.8) is 0 Å². The molecule has 82 valence electrons. The summed E-state index contributed by atoms with van der Waals surface area (Å²) in [4.78, 5) is 14.4. The number of nitrogens with two attached hydrogens (primary N) is 1. The van der Waals surface area contributed by atoms with E-state index >= 15 is 0 Å². The van der Waals surface area contributed by atoms with Crippen molar-refractivity contribution in [1.82, 2.24) is 4.98 Å². The molecule has 6 heteroatoms. The van der Waals surface area contributed by atoms with E-state index in [2.05, 4.69) is 4.98 Å². The average Bonchev–Trinajstić information content (AvgIpc) is 2.18. The van der Waals surface area contributed by atoms with Crippen molar-refractivity contribution >= 4 is 23.3 Å². The molecule has 1 aromatic rings. The van der Waals surface area contributed by atoms with Crippen molar-refractivity contribution in [3.8, 4) is 0 Å². The van der Waals surface area contributed by atoms with Gasteiger partial charge >= 0.3 is 5.97 Å². The number of carboxylic acid groups (broad SMARTS) is 1. The van der Waals surface area contributed by atoms with E-state index in [4.69, 9.17) is 22.4 Å². The van der Waals surface area contributed by atoms with E-state index in [9.17, 15) is 9.18 Å². The zero-order valence-corrected chi connectivity index (χ0v) is 8.81. The molecule has 0 spiro atoms. The standard InChI is InChI=1S/C9H10ClFN2O2/c1-2-3-4-6(11)7(12)5(10)8(13-4)9(14)15/h2-3H2,1H3,(H2,12,13)(H,14,15). The predicted molar refractivity (Wildman–Crippen MR) is 54.6 cm³/mol. The number of hydrogen-bond donors (Lipinski definition) is 2. The molecule has 15 heavy (non-hydrogen) atoms. The SMILES string of the molecule is CCCc1nc(C(=O)O)c(Cl)c(N)c1F. The quantitative estimate of drug-likeness (QED) is 0.837. The Morgan fingerprint density at radius 2 is 2.27 bits per heavy atom. The first-order valence-electron chi connectivity index (χ1n) is 4.35. The third-order valence-electron chi connectivity index (χ3n) is 1.87. The maximum atomic E-state index is 13.4. The molecule has 1 aromatic heterocycles. The molecular formula is C9H10ClFN2O2. The monoisotopic (exact) mass is 232 g/mol. The molecule has 0 aliphatic heterocycles. The normalized spacial score (nSPS) is 10.3. The highest BCUT2D eigenvalue weighted by Gasteiger charge is 2.20. The van der Waals surface area contributed by atoms with Crippen LogP contribution in [-0.4, -0.2) is 16.1 Å². The Hall–Kier alpha value is -1.36. The van der Waals surface area contributed by atoms with Gasteiger partial charge in [0.25, 0.3) is 0 Å². The summed E-state index contributed by atoms with van der Waals surface area (Å²) in [6.45, 7) is 1.83. The first kappa shape index (κ1) is 11.7. The number of nitrogens with zero attached hydrogens (tertiary/aromatic N) is 1. The van der Waals surface area contributed by atoms with Crippen molar-refractivity contribution in [2.75, 3.05) is 5.73 Å². The van der Waals surface area contributed by atoms with Gasteiger partial charge in [-0.05, 0) is 6.42 Å². The van der Waals surface area contributed by atoms with Gasteiger partial charge in [0, 0.05) is 0 Å². The Bertz CT molecular complexity index is 410. The van der Waals surface area contributed by atoms with Crippen LogP contribution in [0.25, 0.3) is 0 Å². The lowest BCUT2D eigenvalue weighted by atomic mass is 10.2. The predicted octanol–water partition coefficient (Wildman–Crippen LogP) is 2.11. The van der Waals surface area contributed by atoms with Crippen LogP contribution in [0.5, 0.6) is 0 Å². The highest BCUT2D eigenvalue weighted by atomic mass is 35.5. The van der Waals surface area contributed by atoms with E-state index in [0.717, 1.165) is 0 Å². The van der Waals surface area contributed by atoms with E-state index in [1.807, 2.05) is 6.92 Å². The van der Waals surface area contributed by atoms with Gasteiger partial charge in [-0.15, -0.1) is 0 Å². The Morgan fingerprint density at radius 1 is 1.67 bits per heavy atom. The molecule has 0 atom stereocenters. The molecule has 3 N–H and O–H groups in total. The number of anilines is 1. The van der Waals surface area contributed by atoms with Gasteiger partial charge in [0.15, 0.2) is 11.5 Å². The molecule has 4 nitrogen and oxygen atoms in total. The number of aryl methyl sites for hydroxylation is 1. The highest BCUT2D eigenvalue weighted by molar-refractivity contribution is 6.35. The second kappa shape index (κ2) is 4.44. The molecule has 0 unspecified atom stereocenters. The fraction of sp³-hybridized carbons (Fsp3) is 0.333. The van der Waals surface area contributed by atoms with Gasteiger partial charge < -0.3 is 10.8 Å². The summed E-state index contributed by atoms with van der Waals surface area (Å²) in [5.74, 6) is -2.05. The summed E-state index contributed by atoms with van der Waals surface area (Å²) in [6, 6.07) is 0. The molecule has 0 amide bonds. The smallest absolute Gasteiger partial charge is 0.356 e. The number of hydrogen-bond acceptors (Lipinski definition) is 3. The minimum absolute atomic E-state index is 0.0387. The summed E-state index contributed by atoms with van der Waals surface area (Å²) in [5.41, 5.74) is 4.62. The summed E-state index contributed by atoms with van der Waals surface area (Å²) < 4.78 is 13.4. The second-order valence-electron chi connectivity index (χ2n) is 3.00. The average molecular weight is 233 g/mol. The molecule has 0 fully saturated rings. The Kier molecular flexibility index (Phi) is 3.47. The van der Waals surface area contributed by atoms with Gasteiger partial charge in [0.1, 0.15) is 0 Å². The number of pyridine rings is 1. The molecule has 1 rings (SSSR count). The van der Waals surface area contributed by atoms with Crippen molar-refractivity contribution in [2.24, 2.45) is 0 Å². The summed E-state index contributed by atoms with van der Waals surface area (Å²) in [5, 5.41) is 8.40. The lowest BCUT2D eigenvalue weighted by Gasteiger charge is -2.07. The fourth-order valence-corrected chi connectivity index (χ4v) is 1.36. The maximum Gasteiger partial charge on any atom is 0.356 e. The van der Waals surface area contributed by atoms with Gasteiger partial charge in [-0.25, -0.2) is 14.2 Å². The summed E-state index contributed by atoms with van der Waals surface area (Å²) >= 11 is 5.56. The number of carboxylic acids is 1. The summed E-state index contributed by atoms with van der Waals surface area (Å²) in [7, 11) is 0. The maximum absolute atomic E-state index is 13.4. The first-order valence-corrected chi connectivity index (χ1v) is 4.73. The van der Waals surface area contributed by atoms with E-state index in [1.54, 1.807) is 0 Å². The first-order chi connectivity index (χ1) is 6.99. The van der Waals surface area contributed by atoms with Crippen molar-refractivity contribution in [3.05, 3.63) is 22.2 Å². The van der Waals surface area contributed by atoms with E-state index in [0.29, 0.717) is 12.8 Å². The van der Waals surface area contributed by atoms with Gasteiger partial charge in [-0.1, -0.05) is 24.9 Å². The fourth-order valence-electron chi connectivity index (χ4n) is 1.16. The number of rotatable bonds is 3. The summed E-state index contributed by atoms with van der Waals surface area (Å²) in [6.07, 6.45) is 0.970. The minimum atomic E-state index is -1.32. The lowest BCUT2D eigenvalue weighted by Crippen LogP contribution is -2.10. The minimum Gasteiger partial charge on any atom is -0.476 e. The highest BCUT2D eigenvalue weighted by Crippen LogP contribution is 2.27. The van der Waals surface area contributed by atoms with Crippen LogP contribution in [0.3, 0.4) is 0 Å². The van der Waals surface area contributed by atoms with Crippen LogP contribution in [0.4, 0.5) is 10.1 Å². The number of halogens is 2. The third-order valence-corrected chi connectivity index (χ3v) is 2.25. The number of aromatic carboxylic acids is 1. The zero-order valence-electron chi connectivity index (χ0n) is 8.05. The molecule has 0 bridgehead atoms. The van der Waals surface area contributed by atoms with Crippen LogP contribution < -0.4 is 5.73 Å². The van der Waals surface area contributed by atoms with Gasteiger partial charge in [0.2, 0.25) is 0 Å². The molecule has 0 radical (unpaired) electrons. The van der Waals surface area contributed by atoms with Gasteiger partial charge in [0.05, 0.1) is 16.4 Å². The Morgan fingerprint density at radius 3 is 2.73 bits per heavy atom. The molecular weight excluding hydrogens is 223 g/mol. The third kappa shape index (κ3) is 2.18. The van der Waals surface area contributed by atoms with E-state index < -0.39 is 17.5 Å². The van der Waals surface area contributed by atoms with Crippen molar-refractivity contribution in [2.45, 2.75) is 19.8 Å². The van der Waals surface area contributed by atoms with E-state index in [1.165, 1.54) is 0 Å². The number of carbonyl (C=O) groups is 1. The number of nitrogen functional groups attached to an aromatic ring is 1. The molecule has 1 heterocycles. The number of aromatic nitrogens is 1. The topological polar surface area (TPSA) is 76.2 Å². The van der Waals surface area contributed by atoms with Crippen LogP contribution in [0.15, 0.2) is 0 Å². The van der Waals surface area contributed by atoms with Crippen LogP contribution in [0.2, 0.25) is 5.02 Å². The molecule has 0 aliphatic rings. The van der Waals surface area contributed by atoms with Gasteiger partial charge in [-0.3, -0.25) is 0 Å². The van der Waals surface area contributed by atoms with Crippen LogP contribution in [0, 0.1) is 5.82 Å².